The zero-order chi connectivity index (χ0) is 35.9. The third-order valence-corrected chi connectivity index (χ3v) is 10.6. The molecule has 0 saturated heterocycles. The van der Waals surface area contributed by atoms with E-state index >= 15 is 0 Å². The number of fused-ring (bicyclic) bond motifs is 2. The summed E-state index contributed by atoms with van der Waals surface area (Å²) in [6.07, 6.45) is 5.79. The predicted octanol–water partition coefficient (Wildman–Crippen LogP) is 9.52. The maximum atomic E-state index is 14.0. The molecule has 8 heteroatoms. The number of benzene rings is 2. The summed E-state index contributed by atoms with van der Waals surface area (Å²) in [6, 6.07) is 0. The molecule has 0 saturated carbocycles. The molecule has 4 rings (SSSR count). The summed E-state index contributed by atoms with van der Waals surface area (Å²) >= 11 is 0. The van der Waals surface area contributed by atoms with Gasteiger partial charge in [-0.25, -0.2) is 0 Å². The molecule has 0 bridgehead atoms. The fourth-order valence-corrected chi connectivity index (χ4v) is 7.06. The van der Waals surface area contributed by atoms with Gasteiger partial charge in [0.25, 0.3) is 0 Å². The number of Topliss-reactive ketones (excluding diaryl/α,β-unsaturated/α-hetero) is 2. The Morgan fingerprint density at radius 2 is 1.02 bits per heavy atom. The molecule has 0 fully saturated rings. The zero-order valence-corrected chi connectivity index (χ0v) is 30.8. The van der Waals surface area contributed by atoms with E-state index in [2.05, 4.69) is 13.8 Å². The topological polar surface area (TPSA) is 134 Å². The van der Waals surface area contributed by atoms with E-state index in [4.69, 9.17) is 9.47 Å². The van der Waals surface area contributed by atoms with Gasteiger partial charge in [-0.15, -0.1) is 0 Å². The van der Waals surface area contributed by atoms with Gasteiger partial charge in [-0.3, -0.25) is 9.59 Å². The Morgan fingerprint density at radius 1 is 0.646 bits per heavy atom. The molecule has 4 N–H and O–H groups in total. The summed E-state index contributed by atoms with van der Waals surface area (Å²) in [5.41, 5.74) is -0.215. The summed E-state index contributed by atoms with van der Waals surface area (Å²) in [5, 5.41) is 48.4. The average Bonchev–Trinajstić information content (AvgIpc) is 3.00. The second-order valence-corrected chi connectivity index (χ2v) is 15.9. The number of unbranched alkanes of at least 4 members (excludes halogenated alkanes) is 1. The minimum atomic E-state index is -0.940. The molecule has 2 aromatic carbocycles. The Kier molecular flexibility index (Phi) is 11.1. The Balaban J connectivity index is 2.09. The maximum absolute atomic E-state index is 14.0. The van der Waals surface area contributed by atoms with Crippen LogP contribution in [-0.4, -0.2) is 43.2 Å². The summed E-state index contributed by atoms with van der Waals surface area (Å²) in [4.78, 5) is 28.0. The molecule has 266 valence electrons. The molecule has 0 aromatic heterocycles. The van der Waals surface area contributed by atoms with Crippen molar-refractivity contribution in [2.45, 2.75) is 151 Å². The Morgan fingerprint density at radius 3 is 1.38 bits per heavy atom. The molecular formula is C40H58O8. The van der Waals surface area contributed by atoms with Crippen LogP contribution in [0.1, 0.15) is 169 Å². The van der Waals surface area contributed by atoms with Crippen LogP contribution in [0.2, 0.25) is 0 Å². The first-order valence-electron chi connectivity index (χ1n) is 18.0. The van der Waals surface area contributed by atoms with E-state index in [1.165, 1.54) is 0 Å². The SMILES string of the molecule is CCC(C)C(=O)c1c(O)c(C(CCCCC(C)C)c2c(O)c3c(c(C(=O)C(C)CC)c2O)OC(C)(C)CC3)c(O)c2c1OC(C)(C)CC2. The molecule has 2 unspecified atom stereocenters. The van der Waals surface area contributed by atoms with Crippen molar-refractivity contribution >= 4 is 11.6 Å². The van der Waals surface area contributed by atoms with Gasteiger partial charge in [0.1, 0.15) is 56.8 Å². The molecule has 0 spiro atoms. The number of hydrogen-bond acceptors (Lipinski definition) is 8. The normalized spacial score (nSPS) is 18.2. The van der Waals surface area contributed by atoms with Gasteiger partial charge in [0.15, 0.2) is 11.6 Å². The molecule has 0 aliphatic carbocycles. The van der Waals surface area contributed by atoms with E-state index in [1.807, 2.05) is 41.5 Å². The third kappa shape index (κ3) is 7.13. The summed E-state index contributed by atoms with van der Waals surface area (Å²) in [5.74, 6) is -2.80. The molecule has 0 radical (unpaired) electrons. The lowest BCUT2D eigenvalue weighted by molar-refractivity contribution is 0.0763. The van der Waals surface area contributed by atoms with Crippen LogP contribution >= 0.6 is 0 Å². The van der Waals surface area contributed by atoms with Crippen LogP contribution in [0.3, 0.4) is 0 Å². The first-order chi connectivity index (χ1) is 22.4. The number of ketones is 2. The van der Waals surface area contributed by atoms with Gasteiger partial charge in [-0.05, 0) is 78.6 Å². The van der Waals surface area contributed by atoms with Crippen molar-refractivity contribution in [1.82, 2.24) is 0 Å². The van der Waals surface area contributed by atoms with Crippen LogP contribution in [0.4, 0.5) is 0 Å². The molecule has 48 heavy (non-hydrogen) atoms. The second kappa shape index (κ2) is 14.2. The lowest BCUT2D eigenvalue weighted by Crippen LogP contribution is -2.34. The number of hydrogen-bond donors (Lipinski definition) is 4. The minimum absolute atomic E-state index is 0.0185. The molecule has 2 aliphatic heterocycles. The van der Waals surface area contributed by atoms with Crippen LogP contribution in [0.15, 0.2) is 0 Å². The van der Waals surface area contributed by atoms with Crippen LogP contribution in [0, 0.1) is 17.8 Å². The smallest absolute Gasteiger partial charge is 0.173 e. The summed E-state index contributed by atoms with van der Waals surface area (Å²) in [6.45, 7) is 19.3. The number of phenolic OH excluding ortho intramolecular Hbond substituents is 4. The monoisotopic (exact) mass is 666 g/mol. The lowest BCUT2D eigenvalue weighted by atomic mass is 9.77. The molecular weight excluding hydrogens is 608 g/mol. The first-order valence-corrected chi connectivity index (χ1v) is 18.0. The lowest BCUT2D eigenvalue weighted by Gasteiger charge is -2.37. The van der Waals surface area contributed by atoms with Gasteiger partial charge < -0.3 is 29.9 Å². The Labute approximate surface area is 286 Å². The number of aromatic hydroxyl groups is 4. The number of ether oxygens (including phenoxy) is 2. The van der Waals surface area contributed by atoms with E-state index < -0.39 is 40.5 Å². The van der Waals surface area contributed by atoms with Crippen molar-refractivity contribution in [2.24, 2.45) is 17.8 Å². The van der Waals surface area contributed by atoms with Crippen molar-refractivity contribution < 1.29 is 39.5 Å². The molecule has 0 amide bonds. The highest BCUT2D eigenvalue weighted by Crippen LogP contribution is 2.57. The number of carbonyl (C=O) groups excluding carboxylic acids is 2. The van der Waals surface area contributed by atoms with E-state index in [0.29, 0.717) is 68.4 Å². The van der Waals surface area contributed by atoms with Gasteiger partial charge in [-0.2, -0.15) is 0 Å². The zero-order valence-electron chi connectivity index (χ0n) is 30.8. The summed E-state index contributed by atoms with van der Waals surface area (Å²) < 4.78 is 12.6. The van der Waals surface area contributed by atoms with Crippen LogP contribution < -0.4 is 9.47 Å². The van der Waals surface area contributed by atoms with Crippen molar-refractivity contribution in [3.05, 3.63) is 33.4 Å². The number of phenols is 4. The second-order valence-electron chi connectivity index (χ2n) is 15.9. The molecule has 2 atom stereocenters. The van der Waals surface area contributed by atoms with Crippen LogP contribution in [0.25, 0.3) is 0 Å². The number of rotatable bonds is 13. The highest BCUT2D eigenvalue weighted by molar-refractivity contribution is 6.05. The minimum Gasteiger partial charge on any atom is -0.507 e. The summed E-state index contributed by atoms with van der Waals surface area (Å²) in [7, 11) is 0. The van der Waals surface area contributed by atoms with Crippen molar-refractivity contribution in [3.63, 3.8) is 0 Å². The van der Waals surface area contributed by atoms with E-state index in [-0.39, 0.29) is 56.8 Å². The van der Waals surface area contributed by atoms with Gasteiger partial charge in [-0.1, -0.05) is 60.8 Å². The molecule has 2 heterocycles. The molecule has 2 aliphatic rings. The van der Waals surface area contributed by atoms with Gasteiger partial charge in [0.2, 0.25) is 0 Å². The standard InChI is InChI=1S/C40H58O8/c1-11-22(5)31(41)29-35(45)27(33(43)25-17-19-39(7,8)47-37(25)29)24(16-14-13-15-21(3)4)28-34(44)26-18-20-40(9,10)48-38(26)30(36(28)46)32(42)23(6)12-2/h21-24,43-46H,11-20H2,1-10H3. The fourth-order valence-electron chi connectivity index (χ4n) is 7.06. The largest absolute Gasteiger partial charge is 0.507 e. The maximum Gasteiger partial charge on any atom is 0.173 e. The molecule has 2 aromatic rings. The Bertz CT molecular complexity index is 1440. The Hall–Kier alpha value is -3.42. The van der Waals surface area contributed by atoms with E-state index in [0.717, 1.165) is 12.8 Å². The third-order valence-electron chi connectivity index (χ3n) is 10.6. The first kappa shape index (κ1) is 37.4. The molecule has 8 nitrogen and oxygen atoms in total. The van der Waals surface area contributed by atoms with Gasteiger partial charge >= 0.3 is 0 Å². The van der Waals surface area contributed by atoms with Crippen molar-refractivity contribution in [2.75, 3.05) is 0 Å². The number of carbonyl (C=O) groups is 2. The van der Waals surface area contributed by atoms with Crippen molar-refractivity contribution in [1.29, 1.82) is 0 Å². The van der Waals surface area contributed by atoms with Crippen LogP contribution in [0.5, 0.6) is 34.5 Å². The average molecular weight is 667 g/mol. The quantitative estimate of drug-likeness (QED) is 0.123. The highest BCUT2D eigenvalue weighted by Gasteiger charge is 2.43. The highest BCUT2D eigenvalue weighted by atomic mass is 16.5. The predicted molar refractivity (Wildman–Crippen MR) is 188 cm³/mol. The van der Waals surface area contributed by atoms with E-state index in [9.17, 15) is 30.0 Å². The van der Waals surface area contributed by atoms with E-state index in [1.54, 1.807) is 13.8 Å². The fraction of sp³-hybridized carbons (Fsp3) is 0.650. The van der Waals surface area contributed by atoms with Gasteiger partial charge in [0, 0.05) is 40.0 Å². The van der Waals surface area contributed by atoms with Gasteiger partial charge in [0.05, 0.1) is 0 Å². The van der Waals surface area contributed by atoms with Crippen LogP contribution in [-0.2, 0) is 12.8 Å². The van der Waals surface area contributed by atoms with Crippen molar-refractivity contribution in [3.8, 4) is 34.5 Å².